The first-order valence-electron chi connectivity index (χ1n) is 19.6. The van der Waals surface area contributed by atoms with E-state index in [1.54, 1.807) is 0 Å². The Morgan fingerprint density at radius 2 is 0.938 bits per heavy atom. The minimum atomic E-state index is -0.385. The summed E-state index contributed by atoms with van der Waals surface area (Å²) in [7, 11) is 0. The second-order valence-electron chi connectivity index (χ2n) is 12.3. The average molecular weight is 614 g/mol. The summed E-state index contributed by atoms with van der Waals surface area (Å²) >= 11 is 0. The summed E-state index contributed by atoms with van der Waals surface area (Å²) < 4.78 is 66.9. The first-order chi connectivity index (χ1) is 26.7. The largest absolute Gasteiger partial charge is 0.0636 e. The number of rotatable bonds is 3. The van der Waals surface area contributed by atoms with E-state index in [4.69, 9.17) is 2.74 Å². The molecule has 0 aromatic heterocycles. The molecule has 0 unspecified atom stereocenters. The smallest absolute Gasteiger partial charge is 0.0616 e. The first kappa shape index (κ1) is 20.8. The van der Waals surface area contributed by atoms with Crippen LogP contribution in [0, 0.1) is 0 Å². The summed E-state index contributed by atoms with van der Waals surface area (Å²) in [5.41, 5.74) is 3.13. The van der Waals surface area contributed by atoms with Crippen LogP contribution in [0.15, 0.2) is 182 Å². The van der Waals surface area contributed by atoms with Crippen LogP contribution >= 0.6 is 0 Å². The standard InChI is InChI=1S/C48H30/c1-2-14-33-28-36(25-24-31(33)12-1)47-42-21-9-10-22-43(42)48(45-29-34-15-4-6-18-39(34)40-19-7-8-20-41(40)45)46-30-35(26-27-44(46)47)38-23-11-16-32-13-3-5-17-37(32)38/h1-30H/i9D,10D,21D,22D,26D,27D,30D. The highest BCUT2D eigenvalue weighted by Gasteiger charge is 2.20. The number of hydrogen-bond donors (Lipinski definition) is 0. The molecular weight excluding hydrogens is 577 g/mol. The third-order valence-corrected chi connectivity index (χ3v) is 9.63. The van der Waals surface area contributed by atoms with E-state index in [2.05, 4.69) is 6.07 Å². The molecule has 0 heterocycles. The Hall–Kier alpha value is -6.24. The van der Waals surface area contributed by atoms with Crippen molar-refractivity contribution in [1.82, 2.24) is 0 Å². The summed E-state index contributed by atoms with van der Waals surface area (Å²) in [5.74, 6) is 0. The van der Waals surface area contributed by atoms with Crippen molar-refractivity contribution < 1.29 is 9.60 Å². The zero-order chi connectivity index (χ0) is 37.7. The van der Waals surface area contributed by atoms with Crippen LogP contribution in [0.4, 0.5) is 0 Å². The Labute approximate surface area is 289 Å². The summed E-state index contributed by atoms with van der Waals surface area (Å²) in [6, 6.07) is 44.0. The van der Waals surface area contributed by atoms with Gasteiger partial charge in [0.25, 0.3) is 0 Å². The lowest BCUT2D eigenvalue weighted by atomic mass is 9.82. The summed E-state index contributed by atoms with van der Waals surface area (Å²) in [6.07, 6.45) is 0. The molecule has 10 aromatic carbocycles. The molecule has 0 nitrogen and oxygen atoms in total. The second kappa shape index (κ2) is 10.7. The molecule has 0 spiro atoms. The summed E-state index contributed by atoms with van der Waals surface area (Å²) in [4.78, 5) is 0. The molecule has 48 heavy (non-hydrogen) atoms. The fourth-order valence-electron chi connectivity index (χ4n) is 7.46. The number of fused-ring (bicyclic) bond motifs is 7. The highest BCUT2D eigenvalue weighted by molar-refractivity contribution is 6.26. The van der Waals surface area contributed by atoms with Gasteiger partial charge in [0.1, 0.15) is 0 Å². The molecule has 0 aliphatic carbocycles. The van der Waals surface area contributed by atoms with Crippen LogP contribution < -0.4 is 0 Å². The van der Waals surface area contributed by atoms with E-state index in [-0.39, 0.29) is 53.1 Å². The molecule has 10 rings (SSSR count). The Morgan fingerprint density at radius 3 is 1.77 bits per heavy atom. The van der Waals surface area contributed by atoms with E-state index < -0.39 is 0 Å². The third-order valence-electron chi connectivity index (χ3n) is 9.63. The molecule has 0 amide bonds. The molecule has 0 atom stereocenters. The van der Waals surface area contributed by atoms with E-state index in [1.807, 2.05) is 133 Å². The Bertz CT molecular complexity index is 3290. The third kappa shape index (κ3) is 4.10. The Morgan fingerprint density at radius 1 is 0.312 bits per heavy atom. The van der Waals surface area contributed by atoms with E-state index >= 15 is 0 Å². The van der Waals surface area contributed by atoms with Crippen molar-refractivity contribution >= 4 is 64.6 Å². The molecule has 0 heteroatoms. The molecule has 222 valence electrons. The van der Waals surface area contributed by atoms with Crippen LogP contribution in [0.1, 0.15) is 9.60 Å². The highest BCUT2D eigenvalue weighted by Crippen LogP contribution is 2.48. The van der Waals surface area contributed by atoms with Gasteiger partial charge in [-0.05, 0) is 116 Å². The van der Waals surface area contributed by atoms with Gasteiger partial charge in [0, 0.05) is 0 Å². The van der Waals surface area contributed by atoms with Gasteiger partial charge in [-0.1, -0.05) is 164 Å². The summed E-state index contributed by atoms with van der Waals surface area (Å²) in [5, 5.41) is 8.67. The normalized spacial score (nSPS) is 13.8. The molecule has 0 saturated heterocycles. The molecular formula is C48H30. The maximum absolute atomic E-state index is 10.2. The first-order valence-corrected chi connectivity index (χ1v) is 16.1. The van der Waals surface area contributed by atoms with E-state index in [0.717, 1.165) is 43.1 Å². The van der Waals surface area contributed by atoms with Crippen LogP contribution in [0.2, 0.25) is 0 Å². The van der Waals surface area contributed by atoms with Gasteiger partial charge in [-0.3, -0.25) is 0 Å². The van der Waals surface area contributed by atoms with Crippen LogP contribution in [-0.4, -0.2) is 0 Å². The predicted octanol–water partition coefficient (Wildman–Crippen LogP) is 13.6. The number of benzene rings is 10. The minimum Gasteiger partial charge on any atom is -0.0616 e. The van der Waals surface area contributed by atoms with Gasteiger partial charge < -0.3 is 0 Å². The maximum atomic E-state index is 10.2. The lowest BCUT2D eigenvalue weighted by Crippen LogP contribution is -1.93. The zero-order valence-corrected chi connectivity index (χ0v) is 25.8. The van der Waals surface area contributed by atoms with Crippen LogP contribution in [-0.2, 0) is 0 Å². The number of hydrogen-bond acceptors (Lipinski definition) is 0. The molecule has 10 aromatic rings. The van der Waals surface area contributed by atoms with Gasteiger partial charge in [0.2, 0.25) is 0 Å². The van der Waals surface area contributed by atoms with Gasteiger partial charge in [0.15, 0.2) is 0 Å². The molecule has 0 saturated carbocycles. The molecule has 0 fully saturated rings. The minimum absolute atomic E-state index is 0.0240. The SMILES string of the molecule is [2H]c1c([2H])c([2H])c2c(-c3cc4ccccc4c4ccccc34)c3c([2H])c(-c4cccc5ccccc45)c([2H])c([2H])c3c(-c3ccc4ccccc4c3)c2c1[2H]. The van der Waals surface area contributed by atoms with Crippen molar-refractivity contribution in [2.24, 2.45) is 0 Å². The quantitative estimate of drug-likeness (QED) is 0.137. The van der Waals surface area contributed by atoms with Crippen LogP contribution in [0.25, 0.3) is 98.0 Å². The Balaban J connectivity index is 1.53. The average Bonchev–Trinajstić information content (AvgIpc) is 3.22. The molecule has 0 aliphatic rings. The molecule has 0 aliphatic heterocycles. The fraction of sp³-hybridized carbons (Fsp3) is 0. The van der Waals surface area contributed by atoms with Crippen molar-refractivity contribution in [3.8, 4) is 33.4 Å². The van der Waals surface area contributed by atoms with Gasteiger partial charge in [-0.15, -0.1) is 0 Å². The van der Waals surface area contributed by atoms with Crippen molar-refractivity contribution in [1.29, 1.82) is 0 Å². The van der Waals surface area contributed by atoms with Crippen molar-refractivity contribution in [3.63, 3.8) is 0 Å². The Kier molecular flexibility index (Phi) is 4.62. The maximum Gasteiger partial charge on any atom is 0.0636 e. The lowest BCUT2D eigenvalue weighted by molar-refractivity contribution is 1.67. The van der Waals surface area contributed by atoms with Crippen LogP contribution in [0.3, 0.4) is 0 Å². The molecule has 0 N–H and O–H groups in total. The molecule has 0 bridgehead atoms. The second-order valence-corrected chi connectivity index (χ2v) is 12.3. The van der Waals surface area contributed by atoms with Crippen molar-refractivity contribution in [2.45, 2.75) is 0 Å². The fourth-order valence-corrected chi connectivity index (χ4v) is 7.46. The summed E-state index contributed by atoms with van der Waals surface area (Å²) in [6.45, 7) is 0. The van der Waals surface area contributed by atoms with Crippen molar-refractivity contribution in [2.75, 3.05) is 0 Å². The van der Waals surface area contributed by atoms with Gasteiger partial charge in [-0.2, -0.15) is 0 Å². The topological polar surface area (TPSA) is 0 Å². The van der Waals surface area contributed by atoms with Gasteiger partial charge in [-0.25, -0.2) is 0 Å². The highest BCUT2D eigenvalue weighted by atomic mass is 14.2. The zero-order valence-electron chi connectivity index (χ0n) is 32.8. The van der Waals surface area contributed by atoms with E-state index in [0.29, 0.717) is 44.2 Å². The predicted molar refractivity (Wildman–Crippen MR) is 208 cm³/mol. The van der Waals surface area contributed by atoms with Gasteiger partial charge >= 0.3 is 0 Å². The van der Waals surface area contributed by atoms with Crippen LogP contribution in [0.5, 0.6) is 0 Å². The monoisotopic (exact) mass is 613 g/mol. The van der Waals surface area contributed by atoms with Gasteiger partial charge in [0.05, 0.1) is 9.60 Å². The van der Waals surface area contributed by atoms with E-state index in [9.17, 15) is 6.85 Å². The van der Waals surface area contributed by atoms with E-state index in [1.165, 1.54) is 0 Å². The molecule has 0 radical (unpaired) electrons. The lowest BCUT2D eigenvalue weighted by Gasteiger charge is -2.21. The van der Waals surface area contributed by atoms with Crippen molar-refractivity contribution in [3.05, 3.63) is 182 Å².